The number of aromatic nitrogens is 5. The fraction of sp³-hybridized carbons (Fsp3) is 0. The average molecular weight is 427 g/mol. The van der Waals surface area contributed by atoms with Gasteiger partial charge in [0.2, 0.25) is 0 Å². The maximum Gasteiger partial charge on any atom is 0.276 e. The molecule has 0 unspecified atom stereocenters. The molecule has 0 saturated heterocycles. The van der Waals surface area contributed by atoms with E-state index in [1.807, 2.05) is 29.6 Å². The molecule has 0 spiro atoms. The summed E-state index contributed by atoms with van der Waals surface area (Å²) in [6, 6.07) is 13.0. The second kappa shape index (κ2) is 7.14. The molecule has 0 atom stereocenters. The molecule has 9 heteroatoms. The number of amides is 1. The topological polar surface area (TPSA) is 85.6 Å². The Balaban J connectivity index is 1.52. The van der Waals surface area contributed by atoms with E-state index in [-0.39, 0.29) is 11.6 Å². The molecule has 7 nitrogen and oxygen atoms in total. The number of nitrogens with zero attached hydrogens (tertiary/aromatic N) is 5. The first-order valence-electron chi connectivity index (χ1n) is 7.54. The summed E-state index contributed by atoms with van der Waals surface area (Å²) < 4.78 is 2.63. The van der Waals surface area contributed by atoms with Crippen molar-refractivity contribution in [2.75, 3.05) is 5.32 Å². The second-order valence-electron chi connectivity index (χ2n) is 5.25. The molecule has 4 aromatic rings. The van der Waals surface area contributed by atoms with Gasteiger partial charge in [0.25, 0.3) is 5.91 Å². The van der Waals surface area contributed by atoms with Crippen LogP contribution < -0.4 is 5.32 Å². The Hall–Kier alpha value is -2.91. The molecule has 128 valence electrons. The molecule has 0 radical (unpaired) electrons. The summed E-state index contributed by atoms with van der Waals surface area (Å²) in [5.41, 5.74) is 2.08. The lowest BCUT2D eigenvalue weighted by atomic mass is 10.2. The number of carbonyl (C=O) groups excluding carboxylic acids is 1. The van der Waals surface area contributed by atoms with Gasteiger partial charge in [-0.05, 0) is 24.3 Å². The third-order valence-electron chi connectivity index (χ3n) is 3.51. The number of anilines is 1. The van der Waals surface area contributed by atoms with Gasteiger partial charge in [-0.1, -0.05) is 34.1 Å². The fourth-order valence-electron chi connectivity index (χ4n) is 2.26. The lowest BCUT2D eigenvalue weighted by molar-refractivity contribution is 0.102. The van der Waals surface area contributed by atoms with E-state index in [9.17, 15) is 4.79 Å². The van der Waals surface area contributed by atoms with Crippen LogP contribution in [0.4, 0.5) is 5.13 Å². The Bertz CT molecular complexity index is 1050. The first-order chi connectivity index (χ1) is 12.7. The van der Waals surface area contributed by atoms with Crippen LogP contribution in [0.1, 0.15) is 10.5 Å². The molecular weight excluding hydrogens is 416 g/mol. The summed E-state index contributed by atoms with van der Waals surface area (Å²) in [4.78, 5) is 21.3. The lowest BCUT2D eigenvalue weighted by Gasteiger charge is -2.04. The zero-order chi connectivity index (χ0) is 17.9. The summed E-state index contributed by atoms with van der Waals surface area (Å²) in [5, 5.41) is 12.7. The number of pyridine rings is 1. The van der Waals surface area contributed by atoms with Gasteiger partial charge in [0, 0.05) is 15.4 Å². The van der Waals surface area contributed by atoms with E-state index in [4.69, 9.17) is 0 Å². The van der Waals surface area contributed by atoms with Crippen LogP contribution >= 0.6 is 27.3 Å². The molecule has 0 bridgehead atoms. The monoisotopic (exact) mass is 426 g/mol. The maximum absolute atomic E-state index is 12.5. The minimum absolute atomic E-state index is 0.289. The molecule has 3 heterocycles. The van der Waals surface area contributed by atoms with Gasteiger partial charge in [-0.15, -0.1) is 21.5 Å². The summed E-state index contributed by atoms with van der Waals surface area (Å²) in [6.07, 6.45) is 3.05. The number of benzene rings is 1. The summed E-state index contributed by atoms with van der Waals surface area (Å²) >= 11 is 4.78. The Labute approximate surface area is 160 Å². The molecule has 4 rings (SSSR count). The predicted molar refractivity (Wildman–Crippen MR) is 102 cm³/mol. The van der Waals surface area contributed by atoms with E-state index < -0.39 is 0 Å². The maximum atomic E-state index is 12.5. The van der Waals surface area contributed by atoms with E-state index in [2.05, 4.69) is 41.4 Å². The van der Waals surface area contributed by atoms with Gasteiger partial charge in [0.15, 0.2) is 5.13 Å². The summed E-state index contributed by atoms with van der Waals surface area (Å²) in [5.74, 6) is 0.244. The van der Waals surface area contributed by atoms with E-state index in [1.165, 1.54) is 24.0 Å². The SMILES string of the molecule is O=C(Nc1nc(-c2ccc(Br)cc2)cs1)c1cccc(-n2cnnc2)n1. The molecule has 0 aliphatic rings. The molecule has 1 amide bonds. The summed E-state index contributed by atoms with van der Waals surface area (Å²) in [7, 11) is 0. The van der Waals surface area contributed by atoms with E-state index in [0.717, 1.165) is 15.7 Å². The molecular formula is C17H11BrN6OS. The number of halogens is 1. The number of nitrogens with one attached hydrogen (secondary N) is 1. The second-order valence-corrected chi connectivity index (χ2v) is 7.02. The van der Waals surface area contributed by atoms with E-state index >= 15 is 0 Å². The van der Waals surface area contributed by atoms with Crippen molar-refractivity contribution in [1.82, 2.24) is 24.7 Å². The molecule has 0 saturated carbocycles. The number of thiazole rings is 1. The van der Waals surface area contributed by atoms with Crippen LogP contribution in [-0.4, -0.2) is 30.6 Å². The minimum atomic E-state index is -0.323. The Kier molecular flexibility index (Phi) is 4.55. The van der Waals surface area contributed by atoms with Crippen molar-refractivity contribution in [3.8, 4) is 17.1 Å². The molecule has 26 heavy (non-hydrogen) atoms. The fourth-order valence-corrected chi connectivity index (χ4v) is 3.24. The van der Waals surface area contributed by atoms with Crippen LogP contribution in [0.15, 0.2) is 65.0 Å². The van der Waals surface area contributed by atoms with E-state index in [1.54, 1.807) is 22.8 Å². The minimum Gasteiger partial charge on any atom is -0.296 e. The number of hydrogen-bond acceptors (Lipinski definition) is 6. The van der Waals surface area contributed by atoms with Crippen molar-refractivity contribution < 1.29 is 4.79 Å². The zero-order valence-electron chi connectivity index (χ0n) is 13.2. The lowest BCUT2D eigenvalue weighted by Crippen LogP contribution is -2.14. The first-order valence-corrected chi connectivity index (χ1v) is 9.21. The first kappa shape index (κ1) is 16.6. The highest BCUT2D eigenvalue weighted by atomic mass is 79.9. The number of rotatable bonds is 4. The van der Waals surface area contributed by atoms with Crippen LogP contribution in [0, 0.1) is 0 Å². The van der Waals surface area contributed by atoms with Crippen molar-refractivity contribution >= 4 is 38.3 Å². The third-order valence-corrected chi connectivity index (χ3v) is 4.80. The highest BCUT2D eigenvalue weighted by Crippen LogP contribution is 2.26. The largest absolute Gasteiger partial charge is 0.296 e. The van der Waals surface area contributed by atoms with Crippen LogP contribution in [0.2, 0.25) is 0 Å². The van der Waals surface area contributed by atoms with Gasteiger partial charge in [-0.2, -0.15) is 0 Å². The highest BCUT2D eigenvalue weighted by Gasteiger charge is 2.12. The van der Waals surface area contributed by atoms with Crippen LogP contribution in [0.5, 0.6) is 0 Å². The van der Waals surface area contributed by atoms with Crippen LogP contribution in [0.25, 0.3) is 17.1 Å². The van der Waals surface area contributed by atoms with Gasteiger partial charge in [0.05, 0.1) is 5.69 Å². The van der Waals surface area contributed by atoms with Gasteiger partial charge < -0.3 is 0 Å². The van der Waals surface area contributed by atoms with Crippen molar-refractivity contribution in [2.24, 2.45) is 0 Å². The molecule has 0 aliphatic heterocycles. The smallest absolute Gasteiger partial charge is 0.276 e. The van der Waals surface area contributed by atoms with Crippen LogP contribution in [-0.2, 0) is 0 Å². The van der Waals surface area contributed by atoms with Crippen molar-refractivity contribution in [1.29, 1.82) is 0 Å². The van der Waals surface area contributed by atoms with Crippen LogP contribution in [0.3, 0.4) is 0 Å². The van der Waals surface area contributed by atoms with Gasteiger partial charge in [-0.3, -0.25) is 14.7 Å². The molecule has 3 aromatic heterocycles. The predicted octanol–water partition coefficient (Wildman–Crippen LogP) is 3.80. The number of hydrogen-bond donors (Lipinski definition) is 1. The van der Waals surface area contributed by atoms with Gasteiger partial charge >= 0.3 is 0 Å². The molecule has 0 fully saturated rings. The Morgan fingerprint density at radius 2 is 1.81 bits per heavy atom. The number of carbonyl (C=O) groups is 1. The van der Waals surface area contributed by atoms with Crippen molar-refractivity contribution in [3.05, 3.63) is 70.7 Å². The standard InChI is InChI=1S/C17H11BrN6OS/c18-12-6-4-11(5-7-12)14-8-26-17(22-14)23-16(25)13-2-1-3-15(21-13)24-9-19-20-10-24/h1-10H,(H,22,23,25). The summed E-state index contributed by atoms with van der Waals surface area (Å²) in [6.45, 7) is 0. The highest BCUT2D eigenvalue weighted by molar-refractivity contribution is 9.10. The van der Waals surface area contributed by atoms with Gasteiger partial charge in [0.1, 0.15) is 24.2 Å². The zero-order valence-corrected chi connectivity index (χ0v) is 15.6. The molecule has 1 aromatic carbocycles. The quantitative estimate of drug-likeness (QED) is 0.536. The Morgan fingerprint density at radius 3 is 2.58 bits per heavy atom. The van der Waals surface area contributed by atoms with Crippen molar-refractivity contribution in [2.45, 2.75) is 0 Å². The third kappa shape index (κ3) is 3.53. The van der Waals surface area contributed by atoms with Crippen molar-refractivity contribution in [3.63, 3.8) is 0 Å². The van der Waals surface area contributed by atoms with E-state index in [0.29, 0.717) is 10.9 Å². The molecule has 1 N–H and O–H groups in total. The average Bonchev–Trinajstić information content (AvgIpc) is 3.34. The Morgan fingerprint density at radius 1 is 1.04 bits per heavy atom. The molecule has 0 aliphatic carbocycles. The normalized spacial score (nSPS) is 10.7. The van der Waals surface area contributed by atoms with Gasteiger partial charge in [-0.25, -0.2) is 9.97 Å².